The minimum Gasteiger partial charge on any atom is -0.0776 e. The van der Waals surface area contributed by atoms with E-state index in [1.807, 2.05) is 0 Å². The molecule has 0 saturated heterocycles. The molecule has 0 spiro atoms. The fourth-order valence-corrected chi connectivity index (χ4v) is 3.84. The van der Waals surface area contributed by atoms with Crippen LogP contribution in [-0.4, -0.2) is 0 Å². The molecule has 2 saturated carbocycles. The highest BCUT2D eigenvalue weighted by Crippen LogP contribution is 2.51. The number of rotatable bonds is 2. The van der Waals surface area contributed by atoms with E-state index in [2.05, 4.69) is 13.8 Å². The van der Waals surface area contributed by atoms with Crippen molar-refractivity contribution in [2.24, 2.45) is 23.7 Å². The van der Waals surface area contributed by atoms with Crippen LogP contribution < -0.4 is 0 Å². The molecule has 0 aromatic carbocycles. The van der Waals surface area contributed by atoms with Gasteiger partial charge in [-0.25, -0.2) is 0 Å². The van der Waals surface area contributed by atoms with Crippen molar-refractivity contribution in [1.29, 1.82) is 0 Å². The predicted octanol–water partition coefficient (Wildman–Crippen LogP) is 4.49. The van der Waals surface area contributed by atoms with Crippen LogP contribution in [0.15, 0.2) is 0 Å². The first-order chi connectivity index (χ1) is 5.83. The van der Waals surface area contributed by atoms with Gasteiger partial charge in [0.2, 0.25) is 0 Å². The Labute approximate surface area is 84.1 Å². The summed E-state index contributed by atoms with van der Waals surface area (Å²) in [5.41, 5.74) is 0. The largest absolute Gasteiger partial charge is 0.0776 e. The third-order valence-corrected chi connectivity index (χ3v) is 4.30. The average Bonchev–Trinajstić information content (AvgIpc) is 2.58. The maximum Gasteiger partial charge on any atom is -0.0355 e. The summed E-state index contributed by atoms with van der Waals surface area (Å²) in [6.07, 6.45) is 9.08. The van der Waals surface area contributed by atoms with Gasteiger partial charge in [-0.1, -0.05) is 40.5 Å². The molecule has 0 radical (unpaired) electrons. The van der Waals surface area contributed by atoms with Crippen LogP contribution in [0.2, 0.25) is 0 Å². The van der Waals surface area contributed by atoms with E-state index in [9.17, 15) is 0 Å². The molecule has 2 rings (SSSR count). The van der Waals surface area contributed by atoms with Gasteiger partial charge in [0.25, 0.3) is 0 Å². The minimum atomic E-state index is 0. The Morgan fingerprint density at radius 2 is 1.85 bits per heavy atom. The van der Waals surface area contributed by atoms with E-state index in [4.69, 9.17) is 0 Å². The van der Waals surface area contributed by atoms with E-state index in [1.165, 1.54) is 19.3 Å². The lowest BCUT2D eigenvalue weighted by atomic mass is 9.88. The van der Waals surface area contributed by atoms with Crippen molar-refractivity contribution in [2.45, 2.75) is 59.8 Å². The SMILES string of the molecule is C.CCCC1CC(C)C2CCCC12. The van der Waals surface area contributed by atoms with Gasteiger partial charge in [-0.3, -0.25) is 0 Å². The van der Waals surface area contributed by atoms with E-state index in [0.29, 0.717) is 0 Å². The summed E-state index contributed by atoms with van der Waals surface area (Å²) < 4.78 is 0. The monoisotopic (exact) mass is 182 g/mol. The molecule has 2 fully saturated rings. The molecule has 78 valence electrons. The van der Waals surface area contributed by atoms with Crippen molar-refractivity contribution in [2.75, 3.05) is 0 Å². The molecule has 4 unspecified atom stereocenters. The summed E-state index contributed by atoms with van der Waals surface area (Å²) in [4.78, 5) is 0. The van der Waals surface area contributed by atoms with Crippen LogP contribution >= 0.6 is 0 Å². The second kappa shape index (κ2) is 4.48. The van der Waals surface area contributed by atoms with Crippen LogP contribution in [-0.2, 0) is 0 Å². The molecule has 0 aromatic heterocycles. The van der Waals surface area contributed by atoms with E-state index >= 15 is 0 Å². The van der Waals surface area contributed by atoms with Gasteiger partial charge in [0.1, 0.15) is 0 Å². The lowest BCUT2D eigenvalue weighted by Crippen LogP contribution is -2.09. The molecule has 0 heterocycles. The highest BCUT2D eigenvalue weighted by Gasteiger charge is 2.42. The Morgan fingerprint density at radius 1 is 1.15 bits per heavy atom. The summed E-state index contributed by atoms with van der Waals surface area (Å²) in [6, 6.07) is 0. The van der Waals surface area contributed by atoms with Crippen LogP contribution in [0.1, 0.15) is 59.8 Å². The van der Waals surface area contributed by atoms with Crippen molar-refractivity contribution in [1.82, 2.24) is 0 Å². The second-order valence-electron chi connectivity index (χ2n) is 5.02. The van der Waals surface area contributed by atoms with Crippen molar-refractivity contribution >= 4 is 0 Å². The highest BCUT2D eigenvalue weighted by molar-refractivity contribution is 4.92. The van der Waals surface area contributed by atoms with Crippen LogP contribution in [0.4, 0.5) is 0 Å². The molecule has 2 aliphatic carbocycles. The molecule has 4 atom stereocenters. The molecular weight excluding hydrogens is 156 g/mol. The third-order valence-electron chi connectivity index (χ3n) is 4.30. The van der Waals surface area contributed by atoms with Crippen LogP contribution in [0.5, 0.6) is 0 Å². The molecular formula is C13H26. The number of fused-ring (bicyclic) bond motifs is 1. The van der Waals surface area contributed by atoms with Crippen LogP contribution in [0.3, 0.4) is 0 Å². The fourth-order valence-electron chi connectivity index (χ4n) is 3.84. The fraction of sp³-hybridized carbons (Fsp3) is 1.00. The Morgan fingerprint density at radius 3 is 2.54 bits per heavy atom. The predicted molar refractivity (Wildman–Crippen MR) is 59.7 cm³/mol. The quantitative estimate of drug-likeness (QED) is 0.590. The maximum atomic E-state index is 2.48. The Balaban J connectivity index is 0.000000845. The van der Waals surface area contributed by atoms with E-state index in [1.54, 1.807) is 19.3 Å². The summed E-state index contributed by atoms with van der Waals surface area (Å²) in [5, 5.41) is 0. The van der Waals surface area contributed by atoms with Crippen LogP contribution in [0.25, 0.3) is 0 Å². The molecule has 0 amide bonds. The van der Waals surface area contributed by atoms with Gasteiger partial charge in [0.05, 0.1) is 0 Å². The minimum absolute atomic E-state index is 0. The van der Waals surface area contributed by atoms with Gasteiger partial charge < -0.3 is 0 Å². The smallest absolute Gasteiger partial charge is 0.0355 e. The third kappa shape index (κ3) is 1.92. The zero-order valence-electron chi connectivity index (χ0n) is 8.55. The van der Waals surface area contributed by atoms with Crippen molar-refractivity contribution < 1.29 is 0 Å². The molecule has 0 aliphatic heterocycles. The van der Waals surface area contributed by atoms with Crippen molar-refractivity contribution in [3.05, 3.63) is 0 Å². The summed E-state index contributed by atoms with van der Waals surface area (Å²) in [6.45, 7) is 4.82. The first kappa shape index (κ1) is 11.1. The Hall–Kier alpha value is 0. The molecule has 0 heteroatoms. The van der Waals surface area contributed by atoms with Gasteiger partial charge in [-0.2, -0.15) is 0 Å². The molecule has 0 N–H and O–H groups in total. The van der Waals surface area contributed by atoms with Gasteiger partial charge in [-0.05, 0) is 42.9 Å². The lowest BCUT2D eigenvalue weighted by molar-refractivity contribution is 0.324. The standard InChI is InChI=1S/C12H22.CH4/c1-3-5-10-8-9(2)11-6-4-7-12(10)11;/h9-12H,3-8H2,1-2H3;1H4. The number of hydrogen-bond acceptors (Lipinski definition) is 0. The molecule has 0 nitrogen and oxygen atoms in total. The lowest BCUT2D eigenvalue weighted by Gasteiger charge is -2.17. The van der Waals surface area contributed by atoms with Gasteiger partial charge in [0, 0.05) is 0 Å². The van der Waals surface area contributed by atoms with Crippen molar-refractivity contribution in [3.8, 4) is 0 Å². The van der Waals surface area contributed by atoms with Gasteiger partial charge >= 0.3 is 0 Å². The Bertz CT molecular complexity index is 150. The summed E-state index contributed by atoms with van der Waals surface area (Å²) in [7, 11) is 0. The topological polar surface area (TPSA) is 0 Å². The van der Waals surface area contributed by atoms with E-state index < -0.39 is 0 Å². The van der Waals surface area contributed by atoms with E-state index in [0.717, 1.165) is 23.7 Å². The highest BCUT2D eigenvalue weighted by atomic mass is 14.5. The zero-order chi connectivity index (χ0) is 8.55. The van der Waals surface area contributed by atoms with E-state index in [-0.39, 0.29) is 7.43 Å². The summed E-state index contributed by atoms with van der Waals surface area (Å²) >= 11 is 0. The average molecular weight is 182 g/mol. The molecule has 0 bridgehead atoms. The molecule has 2 aliphatic rings. The Kier molecular flexibility index (Phi) is 3.82. The van der Waals surface area contributed by atoms with Crippen molar-refractivity contribution in [3.63, 3.8) is 0 Å². The first-order valence-electron chi connectivity index (χ1n) is 5.83. The van der Waals surface area contributed by atoms with Gasteiger partial charge in [-0.15, -0.1) is 0 Å². The maximum absolute atomic E-state index is 2.48. The number of hydrogen-bond donors (Lipinski definition) is 0. The van der Waals surface area contributed by atoms with Crippen LogP contribution in [0, 0.1) is 23.7 Å². The molecule has 13 heavy (non-hydrogen) atoms. The normalized spacial score (nSPS) is 42.9. The van der Waals surface area contributed by atoms with Gasteiger partial charge in [0.15, 0.2) is 0 Å². The molecule has 0 aromatic rings. The first-order valence-corrected chi connectivity index (χ1v) is 5.83. The zero-order valence-corrected chi connectivity index (χ0v) is 8.55. The summed E-state index contributed by atoms with van der Waals surface area (Å²) in [5.74, 6) is 4.42. The second-order valence-corrected chi connectivity index (χ2v) is 5.02.